The first-order valence-electron chi connectivity index (χ1n) is 8.72. The summed E-state index contributed by atoms with van der Waals surface area (Å²) in [4.78, 5) is 50.3. The average Bonchev–Trinajstić information content (AvgIpc) is 3.39. The number of carbonyl (C=O) groups excluding carboxylic acids is 4. The molecule has 1 saturated heterocycles. The zero-order valence-corrected chi connectivity index (χ0v) is 15.6. The molecule has 0 aliphatic carbocycles. The summed E-state index contributed by atoms with van der Waals surface area (Å²) in [6, 6.07) is 5.38. The van der Waals surface area contributed by atoms with E-state index in [9.17, 15) is 19.2 Å². The summed E-state index contributed by atoms with van der Waals surface area (Å²) < 4.78 is 15.8. The predicted molar refractivity (Wildman–Crippen MR) is 97.5 cm³/mol. The molecule has 1 fully saturated rings. The van der Waals surface area contributed by atoms with Crippen molar-refractivity contribution < 1.29 is 33.1 Å². The Morgan fingerprint density at radius 1 is 1.24 bits per heavy atom. The third kappa shape index (κ3) is 3.08. The second-order valence-corrected chi connectivity index (χ2v) is 6.78. The van der Waals surface area contributed by atoms with E-state index in [1.165, 1.54) is 32.2 Å². The molecule has 10 nitrogen and oxygen atoms in total. The molecule has 2 aromatic rings. The third-order valence-electron chi connectivity index (χ3n) is 4.76. The number of rotatable bonds is 5. The molecule has 1 aromatic heterocycles. The van der Waals surface area contributed by atoms with Crippen LogP contribution in [0.25, 0.3) is 0 Å². The van der Waals surface area contributed by atoms with Crippen molar-refractivity contribution in [1.82, 2.24) is 10.2 Å². The van der Waals surface area contributed by atoms with Gasteiger partial charge in [-0.3, -0.25) is 19.3 Å². The molecule has 0 radical (unpaired) electrons. The van der Waals surface area contributed by atoms with Crippen LogP contribution in [-0.2, 0) is 15.1 Å². The van der Waals surface area contributed by atoms with Gasteiger partial charge in [-0.15, -0.1) is 0 Å². The molecule has 4 amide bonds. The zero-order valence-electron chi connectivity index (χ0n) is 15.6. The Hall–Kier alpha value is -3.82. The van der Waals surface area contributed by atoms with Crippen LogP contribution < -0.4 is 20.1 Å². The predicted octanol–water partition coefficient (Wildman–Crippen LogP) is 1.62. The first-order chi connectivity index (χ1) is 13.8. The summed E-state index contributed by atoms with van der Waals surface area (Å²) in [7, 11) is 0. The van der Waals surface area contributed by atoms with Gasteiger partial charge in [0.1, 0.15) is 12.3 Å². The number of fused-ring (bicyclic) bond motifs is 1. The van der Waals surface area contributed by atoms with Gasteiger partial charge < -0.3 is 24.5 Å². The van der Waals surface area contributed by atoms with E-state index in [4.69, 9.17) is 13.9 Å². The number of nitrogens with one attached hydrogen (secondary N) is 2. The number of urea groups is 1. The minimum absolute atomic E-state index is 0.0118. The van der Waals surface area contributed by atoms with Gasteiger partial charge in [-0.1, -0.05) is 0 Å². The second kappa shape index (κ2) is 6.66. The molecular formula is C19H17N3O7. The van der Waals surface area contributed by atoms with Gasteiger partial charge in [0.05, 0.1) is 12.0 Å². The lowest BCUT2D eigenvalue weighted by atomic mass is 9.99. The molecule has 10 heteroatoms. The Balaban J connectivity index is 1.53. The highest BCUT2D eigenvalue weighted by molar-refractivity contribution is 6.11. The SMILES string of the molecule is CC(=O)c1cc2c(cc1NC(=O)CN1C(=O)N[C@](C)(c3ccco3)C1=O)OCO2. The Morgan fingerprint density at radius 2 is 1.97 bits per heavy atom. The number of amides is 4. The molecule has 2 N–H and O–H groups in total. The standard InChI is InChI=1S/C19H17N3O7/c1-10(23)11-6-13-14(29-9-28-13)7-12(11)20-16(24)8-22-17(25)19(2,21-18(22)26)15-4-3-5-27-15/h3-7H,8-9H2,1-2H3,(H,20,24)(H,21,26)/t19-/m1/s1. The third-order valence-corrected chi connectivity index (χ3v) is 4.76. The Kier molecular flexibility index (Phi) is 4.26. The van der Waals surface area contributed by atoms with Crippen molar-refractivity contribution in [2.24, 2.45) is 0 Å². The molecule has 0 bridgehead atoms. The van der Waals surface area contributed by atoms with E-state index in [0.717, 1.165) is 4.90 Å². The van der Waals surface area contributed by atoms with Crippen molar-refractivity contribution in [3.8, 4) is 11.5 Å². The molecule has 2 aliphatic heterocycles. The van der Waals surface area contributed by atoms with Crippen LogP contribution in [0.4, 0.5) is 10.5 Å². The first kappa shape index (κ1) is 18.5. The maximum Gasteiger partial charge on any atom is 0.325 e. The van der Waals surface area contributed by atoms with Gasteiger partial charge in [-0.05, 0) is 32.0 Å². The fraction of sp³-hybridized carbons (Fsp3) is 0.263. The molecule has 0 saturated carbocycles. The molecular weight excluding hydrogens is 382 g/mol. The molecule has 0 unspecified atom stereocenters. The lowest BCUT2D eigenvalue weighted by molar-refractivity contribution is -0.134. The van der Waals surface area contributed by atoms with Crippen LogP contribution in [0.5, 0.6) is 11.5 Å². The Labute approximate surface area is 164 Å². The van der Waals surface area contributed by atoms with Crippen molar-refractivity contribution >= 4 is 29.3 Å². The Morgan fingerprint density at radius 3 is 2.62 bits per heavy atom. The van der Waals surface area contributed by atoms with E-state index in [2.05, 4.69) is 10.6 Å². The van der Waals surface area contributed by atoms with E-state index < -0.39 is 29.9 Å². The quantitative estimate of drug-likeness (QED) is 0.578. The first-order valence-corrected chi connectivity index (χ1v) is 8.72. The molecule has 29 heavy (non-hydrogen) atoms. The van der Waals surface area contributed by atoms with E-state index in [0.29, 0.717) is 11.5 Å². The number of anilines is 1. The van der Waals surface area contributed by atoms with Gasteiger partial charge >= 0.3 is 6.03 Å². The highest BCUT2D eigenvalue weighted by Crippen LogP contribution is 2.37. The van der Waals surface area contributed by atoms with E-state index in [-0.39, 0.29) is 29.6 Å². The van der Waals surface area contributed by atoms with E-state index in [1.54, 1.807) is 12.1 Å². The van der Waals surface area contributed by atoms with E-state index >= 15 is 0 Å². The van der Waals surface area contributed by atoms with Crippen LogP contribution in [-0.4, -0.2) is 41.9 Å². The lowest BCUT2D eigenvalue weighted by Crippen LogP contribution is -2.41. The van der Waals surface area contributed by atoms with Gasteiger partial charge in [-0.25, -0.2) is 4.79 Å². The molecule has 150 valence electrons. The van der Waals surface area contributed by atoms with Crippen molar-refractivity contribution in [1.29, 1.82) is 0 Å². The number of ether oxygens (including phenoxy) is 2. The van der Waals surface area contributed by atoms with Crippen molar-refractivity contribution in [2.45, 2.75) is 19.4 Å². The summed E-state index contributed by atoms with van der Waals surface area (Å²) in [5.41, 5.74) is -0.975. The number of hydrogen-bond donors (Lipinski definition) is 2. The van der Waals surface area contributed by atoms with Crippen LogP contribution >= 0.6 is 0 Å². The van der Waals surface area contributed by atoms with Gasteiger partial charge in [0, 0.05) is 11.6 Å². The monoisotopic (exact) mass is 399 g/mol. The van der Waals surface area contributed by atoms with Gasteiger partial charge in [-0.2, -0.15) is 0 Å². The summed E-state index contributed by atoms with van der Waals surface area (Å²) in [6.45, 7) is 2.32. The number of imide groups is 1. The number of benzene rings is 1. The minimum atomic E-state index is -1.40. The van der Waals surface area contributed by atoms with Gasteiger partial charge in [0.2, 0.25) is 12.7 Å². The van der Waals surface area contributed by atoms with Crippen LogP contribution in [0.2, 0.25) is 0 Å². The summed E-state index contributed by atoms with van der Waals surface area (Å²) >= 11 is 0. The number of carbonyl (C=O) groups is 4. The highest BCUT2D eigenvalue weighted by atomic mass is 16.7. The zero-order chi connectivity index (χ0) is 20.8. The highest BCUT2D eigenvalue weighted by Gasteiger charge is 2.51. The van der Waals surface area contributed by atoms with Crippen LogP contribution in [0.15, 0.2) is 34.9 Å². The largest absolute Gasteiger partial charge is 0.466 e. The molecule has 3 heterocycles. The topological polar surface area (TPSA) is 127 Å². The van der Waals surface area contributed by atoms with Crippen LogP contribution in [0.1, 0.15) is 30.0 Å². The smallest absolute Gasteiger partial charge is 0.325 e. The maximum absolute atomic E-state index is 12.8. The number of nitrogens with zero attached hydrogens (tertiary/aromatic N) is 1. The molecule has 0 spiro atoms. The van der Waals surface area contributed by atoms with E-state index in [1.807, 2.05) is 0 Å². The van der Waals surface area contributed by atoms with Crippen molar-refractivity contribution in [2.75, 3.05) is 18.7 Å². The van der Waals surface area contributed by atoms with Crippen LogP contribution in [0.3, 0.4) is 0 Å². The minimum Gasteiger partial charge on any atom is -0.466 e. The molecule has 2 aliphatic rings. The normalized spacial score (nSPS) is 20.0. The van der Waals surface area contributed by atoms with Gasteiger partial charge in [0.25, 0.3) is 5.91 Å². The second-order valence-electron chi connectivity index (χ2n) is 6.78. The van der Waals surface area contributed by atoms with Crippen molar-refractivity contribution in [3.05, 3.63) is 41.9 Å². The molecule has 1 atom stereocenters. The Bertz CT molecular complexity index is 1030. The summed E-state index contributed by atoms with van der Waals surface area (Å²) in [5, 5.41) is 5.10. The molecule has 4 rings (SSSR count). The average molecular weight is 399 g/mol. The fourth-order valence-electron chi connectivity index (χ4n) is 3.24. The van der Waals surface area contributed by atoms with Gasteiger partial charge in [0.15, 0.2) is 22.8 Å². The number of furan rings is 1. The maximum atomic E-state index is 12.8. The van der Waals surface area contributed by atoms with Crippen molar-refractivity contribution in [3.63, 3.8) is 0 Å². The number of hydrogen-bond acceptors (Lipinski definition) is 7. The fourth-order valence-corrected chi connectivity index (χ4v) is 3.24. The lowest BCUT2D eigenvalue weighted by Gasteiger charge is -2.19. The molecule has 1 aromatic carbocycles. The number of ketones is 1. The summed E-state index contributed by atoms with van der Waals surface area (Å²) in [5.74, 6) is -0.529. The summed E-state index contributed by atoms with van der Waals surface area (Å²) in [6.07, 6.45) is 1.39. The van der Waals surface area contributed by atoms with Crippen LogP contribution in [0, 0.1) is 0 Å². The number of Topliss-reactive ketones (excluding diaryl/α,β-unsaturated/α-hetero) is 1.